The lowest BCUT2D eigenvalue weighted by Crippen LogP contribution is -2.16. The molecule has 0 amide bonds. The Balaban J connectivity index is 2.30. The van der Waals surface area contributed by atoms with Crippen molar-refractivity contribution < 1.29 is 0 Å². The highest BCUT2D eigenvalue weighted by molar-refractivity contribution is 8.67. The molecule has 3 heteroatoms. The lowest BCUT2D eigenvalue weighted by molar-refractivity contribution is 0.472. The van der Waals surface area contributed by atoms with Crippen LogP contribution in [0.5, 0.6) is 0 Å². The Bertz CT molecular complexity index is 76.8. The van der Waals surface area contributed by atoms with E-state index in [9.17, 15) is 0 Å². The van der Waals surface area contributed by atoms with Crippen LogP contribution < -0.4 is 0 Å². The van der Waals surface area contributed by atoms with Gasteiger partial charge in [0.1, 0.15) is 0 Å². The van der Waals surface area contributed by atoms with E-state index in [1.54, 1.807) is 11.0 Å². The van der Waals surface area contributed by atoms with E-state index in [2.05, 4.69) is 22.9 Å². The lowest BCUT2D eigenvalue weighted by atomic mass is 10.3. The molecule has 48 valence electrons. The average Bonchev–Trinajstić information content (AvgIpc) is 2.14. The SMILES string of the molecule is CC1CCCN1SS. The molecule has 0 aromatic carbocycles. The summed E-state index contributed by atoms with van der Waals surface area (Å²) in [5.74, 6) is 0. The number of hydrogen-bond donors (Lipinski definition) is 1. The van der Waals surface area contributed by atoms with Crippen molar-refractivity contribution in [1.29, 1.82) is 0 Å². The normalized spacial score (nSPS) is 31.5. The third-order valence-corrected chi connectivity index (χ3v) is 2.98. The summed E-state index contributed by atoms with van der Waals surface area (Å²) in [5, 5.41) is 0. The number of rotatable bonds is 1. The van der Waals surface area contributed by atoms with Crippen LogP contribution in [-0.2, 0) is 0 Å². The highest BCUT2D eigenvalue weighted by Gasteiger charge is 2.18. The van der Waals surface area contributed by atoms with Crippen molar-refractivity contribution in [2.24, 2.45) is 0 Å². The Labute approximate surface area is 59.8 Å². The Morgan fingerprint density at radius 3 is 2.75 bits per heavy atom. The molecule has 0 N–H and O–H groups in total. The third-order valence-electron chi connectivity index (χ3n) is 1.60. The molecule has 0 radical (unpaired) electrons. The number of thiol groups is 1. The van der Waals surface area contributed by atoms with Crippen molar-refractivity contribution in [3.8, 4) is 0 Å². The first-order valence-electron chi connectivity index (χ1n) is 2.93. The van der Waals surface area contributed by atoms with Gasteiger partial charge in [-0.1, -0.05) is 11.7 Å². The summed E-state index contributed by atoms with van der Waals surface area (Å²) in [7, 11) is 1.57. The largest absolute Gasteiger partial charge is 0.239 e. The van der Waals surface area contributed by atoms with Crippen LogP contribution in [-0.4, -0.2) is 16.9 Å². The maximum absolute atomic E-state index is 4.12. The molecule has 1 aliphatic rings. The summed E-state index contributed by atoms with van der Waals surface area (Å²) in [4.78, 5) is 0. The molecule has 0 aromatic heterocycles. The molecule has 1 rings (SSSR count). The summed E-state index contributed by atoms with van der Waals surface area (Å²) in [6, 6.07) is 0.748. The van der Waals surface area contributed by atoms with Crippen LogP contribution in [0.4, 0.5) is 0 Å². The molecule has 1 unspecified atom stereocenters. The average molecular weight is 149 g/mol. The second kappa shape index (κ2) is 2.99. The van der Waals surface area contributed by atoms with Gasteiger partial charge in [0.25, 0.3) is 0 Å². The summed E-state index contributed by atoms with van der Waals surface area (Å²) in [5.41, 5.74) is 0. The van der Waals surface area contributed by atoms with Crippen LogP contribution in [0.15, 0.2) is 0 Å². The van der Waals surface area contributed by atoms with E-state index in [-0.39, 0.29) is 0 Å². The van der Waals surface area contributed by atoms with Crippen molar-refractivity contribution >= 4 is 22.6 Å². The quantitative estimate of drug-likeness (QED) is 0.345. The first kappa shape index (κ1) is 6.78. The summed E-state index contributed by atoms with van der Waals surface area (Å²) in [6.45, 7) is 3.46. The Kier molecular flexibility index (Phi) is 2.53. The van der Waals surface area contributed by atoms with Crippen LogP contribution >= 0.6 is 22.6 Å². The summed E-state index contributed by atoms with van der Waals surface area (Å²) >= 11 is 4.12. The monoisotopic (exact) mass is 149 g/mol. The molecule has 1 fully saturated rings. The van der Waals surface area contributed by atoms with Gasteiger partial charge in [0.15, 0.2) is 0 Å². The summed E-state index contributed by atoms with van der Waals surface area (Å²) in [6.07, 6.45) is 2.68. The minimum absolute atomic E-state index is 0.748. The van der Waals surface area contributed by atoms with Crippen molar-refractivity contribution in [3.05, 3.63) is 0 Å². The van der Waals surface area contributed by atoms with E-state index < -0.39 is 0 Å². The van der Waals surface area contributed by atoms with Crippen LogP contribution in [0, 0.1) is 0 Å². The molecule has 1 aliphatic heterocycles. The molecular formula is C5H11NS2. The molecule has 0 saturated carbocycles. The summed E-state index contributed by atoms with van der Waals surface area (Å²) < 4.78 is 2.31. The number of nitrogens with zero attached hydrogens (tertiary/aromatic N) is 1. The zero-order valence-corrected chi connectivity index (χ0v) is 6.71. The van der Waals surface area contributed by atoms with Crippen LogP contribution in [0.1, 0.15) is 19.8 Å². The van der Waals surface area contributed by atoms with Crippen molar-refractivity contribution in [1.82, 2.24) is 4.31 Å². The van der Waals surface area contributed by atoms with Gasteiger partial charge >= 0.3 is 0 Å². The molecule has 0 aliphatic carbocycles. The molecule has 0 aromatic rings. The van der Waals surface area contributed by atoms with Crippen LogP contribution in [0.2, 0.25) is 0 Å². The molecule has 1 heterocycles. The second-order valence-corrected chi connectivity index (χ2v) is 3.34. The van der Waals surface area contributed by atoms with Crippen LogP contribution in [0.3, 0.4) is 0 Å². The fraction of sp³-hybridized carbons (Fsp3) is 1.00. The van der Waals surface area contributed by atoms with Gasteiger partial charge in [-0.25, -0.2) is 4.31 Å². The minimum Gasteiger partial charge on any atom is -0.239 e. The van der Waals surface area contributed by atoms with E-state index in [0.717, 1.165) is 6.04 Å². The molecule has 1 nitrogen and oxygen atoms in total. The standard InChI is InChI=1S/C5H11NS2/c1-5-3-2-4-6(5)8-7/h5,7H,2-4H2,1H3. The molecule has 1 atom stereocenters. The molecule has 8 heavy (non-hydrogen) atoms. The lowest BCUT2D eigenvalue weighted by Gasteiger charge is -2.14. The number of hydrogen-bond acceptors (Lipinski definition) is 3. The Morgan fingerprint density at radius 1 is 1.75 bits per heavy atom. The van der Waals surface area contributed by atoms with Gasteiger partial charge < -0.3 is 0 Å². The van der Waals surface area contributed by atoms with Crippen molar-refractivity contribution in [2.45, 2.75) is 25.8 Å². The van der Waals surface area contributed by atoms with E-state index >= 15 is 0 Å². The molecule has 0 spiro atoms. The van der Waals surface area contributed by atoms with Gasteiger partial charge in [-0.3, -0.25) is 0 Å². The first-order valence-corrected chi connectivity index (χ1v) is 4.75. The highest BCUT2D eigenvalue weighted by Crippen LogP contribution is 2.26. The fourth-order valence-corrected chi connectivity index (χ4v) is 2.23. The zero-order valence-electron chi connectivity index (χ0n) is 5.00. The topological polar surface area (TPSA) is 3.24 Å². The first-order chi connectivity index (χ1) is 3.84. The van der Waals surface area contributed by atoms with E-state index in [1.165, 1.54) is 19.4 Å². The highest BCUT2D eigenvalue weighted by atomic mass is 33.1. The van der Waals surface area contributed by atoms with Gasteiger partial charge in [0, 0.05) is 12.6 Å². The second-order valence-electron chi connectivity index (χ2n) is 2.21. The third kappa shape index (κ3) is 1.33. The predicted octanol–water partition coefficient (Wildman–Crippen LogP) is 1.96. The van der Waals surface area contributed by atoms with Gasteiger partial charge in [0.2, 0.25) is 0 Å². The maximum atomic E-state index is 4.12. The predicted molar refractivity (Wildman–Crippen MR) is 42.0 cm³/mol. The van der Waals surface area contributed by atoms with Gasteiger partial charge in [-0.2, -0.15) is 0 Å². The maximum Gasteiger partial charge on any atom is 0.0182 e. The van der Waals surface area contributed by atoms with Gasteiger partial charge in [-0.15, -0.1) is 0 Å². The van der Waals surface area contributed by atoms with Gasteiger partial charge in [-0.05, 0) is 30.7 Å². The van der Waals surface area contributed by atoms with E-state index in [4.69, 9.17) is 0 Å². The van der Waals surface area contributed by atoms with Crippen molar-refractivity contribution in [2.75, 3.05) is 6.54 Å². The fourth-order valence-electron chi connectivity index (χ4n) is 1.03. The van der Waals surface area contributed by atoms with Gasteiger partial charge in [0.05, 0.1) is 0 Å². The van der Waals surface area contributed by atoms with Crippen LogP contribution in [0.25, 0.3) is 0 Å². The van der Waals surface area contributed by atoms with E-state index in [1.807, 2.05) is 0 Å². The minimum atomic E-state index is 0.748. The van der Waals surface area contributed by atoms with E-state index in [0.29, 0.717) is 0 Å². The smallest absolute Gasteiger partial charge is 0.0182 e. The molecule has 1 saturated heterocycles. The zero-order chi connectivity index (χ0) is 5.98. The van der Waals surface area contributed by atoms with Crippen molar-refractivity contribution in [3.63, 3.8) is 0 Å². The Morgan fingerprint density at radius 2 is 2.50 bits per heavy atom. The molecule has 0 bridgehead atoms. The molecular weight excluding hydrogens is 138 g/mol. The Hall–Kier alpha value is 0.660.